The van der Waals surface area contributed by atoms with Crippen LogP contribution in [0.1, 0.15) is 22.9 Å². The van der Waals surface area contributed by atoms with Gasteiger partial charge in [0.2, 0.25) is 5.95 Å². The number of carbonyl (C=O) groups is 2. The fraction of sp³-hybridized carbons (Fsp3) is 0.265. The number of likely N-dealkylation sites (N-methyl/N-ethyl adjacent to an activating group) is 2. The van der Waals surface area contributed by atoms with Crippen molar-refractivity contribution >= 4 is 57.9 Å². The number of aryl methyl sites for hydroxylation is 1. The maximum Gasteiger partial charge on any atom is 0.261 e. The first-order valence-electron chi connectivity index (χ1n) is 16.0. The normalized spacial score (nSPS) is 20.0. The van der Waals surface area contributed by atoms with Crippen molar-refractivity contribution in [3.8, 4) is 32.5 Å². The van der Waals surface area contributed by atoms with Crippen molar-refractivity contribution in [2.24, 2.45) is 7.05 Å². The number of hydrogen-bond acceptors (Lipinski definition) is 14. The second kappa shape index (κ2) is 14.1. The van der Waals surface area contributed by atoms with E-state index in [4.69, 9.17) is 16.6 Å². The predicted molar refractivity (Wildman–Crippen MR) is 196 cm³/mol. The van der Waals surface area contributed by atoms with Crippen LogP contribution in [0.25, 0.3) is 32.5 Å². The fourth-order valence-electron chi connectivity index (χ4n) is 5.69. The second-order valence-electron chi connectivity index (χ2n) is 12.3. The van der Waals surface area contributed by atoms with Crippen LogP contribution in [0.15, 0.2) is 73.3 Å². The average molecular weight is 758 g/mol. The standard InChI is InChI=1S/C21H20N8O2S.C13H12ClN3O2S/c1-28-11-8-21(31,19(28)30)18-23-12-16(32-18)15-5-3-4-13(24-15)14-6-9-22-20(25-14)26-17-7-10-29(2)27-17;1-17-6-5-13(19,12(17)18)11-15-7-9(20-11)8-3-2-4-10(14)16-8/h3-7,9-10,12,31H,8,11H2,1-2H3,(H,22,25,26,27);2-4,7,19H,5-6H2,1H3. The number of carbonyl (C=O) groups excluding carboxylic acids is 2. The maximum atomic E-state index is 12.4. The number of pyridine rings is 2. The highest BCUT2D eigenvalue weighted by Gasteiger charge is 2.48. The number of nitrogens with zero attached hydrogens (tertiary/aromatic N) is 10. The van der Waals surface area contributed by atoms with Crippen LogP contribution in [-0.2, 0) is 27.8 Å². The molecule has 3 N–H and O–H groups in total. The minimum absolute atomic E-state index is 0.308. The largest absolute Gasteiger partial charge is 0.373 e. The monoisotopic (exact) mass is 757 g/mol. The lowest BCUT2D eigenvalue weighted by atomic mass is 10.0. The molecule has 2 amide bonds. The quantitative estimate of drug-likeness (QED) is 0.198. The average Bonchev–Trinajstić information content (AvgIpc) is 4.00. The van der Waals surface area contributed by atoms with Crippen LogP contribution in [0.3, 0.4) is 0 Å². The van der Waals surface area contributed by atoms with E-state index >= 15 is 0 Å². The summed E-state index contributed by atoms with van der Waals surface area (Å²) in [6, 6.07) is 14.5. The first-order chi connectivity index (χ1) is 24.9. The molecule has 18 heteroatoms. The molecule has 2 saturated heterocycles. The molecule has 2 unspecified atom stereocenters. The first-order valence-corrected chi connectivity index (χ1v) is 18.0. The SMILES string of the molecule is CN1CCC(O)(c2ncc(-c3cccc(-c4ccnc(Nc5ccn(C)n5)n4)n3)s2)C1=O.CN1CCC(O)(c2ncc(-c3cccc(Cl)n3)s2)C1=O. The molecular weight excluding hydrogens is 726 g/mol. The molecule has 2 atom stereocenters. The van der Waals surface area contributed by atoms with Gasteiger partial charge in [0.05, 0.1) is 32.5 Å². The lowest BCUT2D eigenvalue weighted by molar-refractivity contribution is -0.143. The number of likely N-dealkylation sites (tertiary alicyclic amines) is 2. The zero-order valence-electron chi connectivity index (χ0n) is 28.1. The number of aromatic nitrogens is 8. The number of amides is 2. The third kappa shape index (κ3) is 6.88. The van der Waals surface area contributed by atoms with Crippen molar-refractivity contribution in [1.82, 2.24) is 49.5 Å². The molecule has 0 saturated carbocycles. The van der Waals surface area contributed by atoms with Gasteiger partial charge in [0, 0.05) is 77.9 Å². The summed E-state index contributed by atoms with van der Waals surface area (Å²) in [6.45, 7) is 1.03. The summed E-state index contributed by atoms with van der Waals surface area (Å²) in [5, 5.41) is 29.9. The molecule has 0 aliphatic carbocycles. The number of anilines is 2. The number of hydrogen-bond donors (Lipinski definition) is 3. The number of aliphatic hydroxyl groups is 2. The summed E-state index contributed by atoms with van der Waals surface area (Å²) in [5.74, 6) is 0.430. The summed E-state index contributed by atoms with van der Waals surface area (Å²) < 4.78 is 1.69. The lowest BCUT2D eigenvalue weighted by Crippen LogP contribution is -2.35. The third-order valence-corrected chi connectivity index (χ3v) is 11.1. The molecule has 15 nitrogen and oxygen atoms in total. The third-order valence-electron chi connectivity index (χ3n) is 8.58. The Morgan fingerprint density at radius 3 is 1.83 bits per heavy atom. The molecule has 8 rings (SSSR count). The van der Waals surface area contributed by atoms with Crippen molar-refractivity contribution < 1.29 is 19.8 Å². The van der Waals surface area contributed by atoms with Gasteiger partial charge in [0.1, 0.15) is 15.2 Å². The van der Waals surface area contributed by atoms with Crippen LogP contribution >= 0.6 is 34.3 Å². The van der Waals surface area contributed by atoms with Crippen LogP contribution < -0.4 is 5.32 Å². The van der Waals surface area contributed by atoms with Crippen molar-refractivity contribution in [3.63, 3.8) is 0 Å². The highest BCUT2D eigenvalue weighted by Crippen LogP contribution is 2.39. The summed E-state index contributed by atoms with van der Waals surface area (Å²) in [5.41, 5.74) is -0.379. The van der Waals surface area contributed by atoms with Gasteiger partial charge in [-0.1, -0.05) is 23.7 Å². The molecule has 52 heavy (non-hydrogen) atoms. The van der Waals surface area contributed by atoms with E-state index < -0.39 is 11.2 Å². The Balaban J connectivity index is 0.000000180. The van der Waals surface area contributed by atoms with Crippen LogP contribution in [0, 0.1) is 0 Å². The van der Waals surface area contributed by atoms with Crippen molar-refractivity contribution in [2.75, 3.05) is 32.5 Å². The number of nitrogens with one attached hydrogen (secondary N) is 1. The molecule has 0 radical (unpaired) electrons. The van der Waals surface area contributed by atoms with Crippen LogP contribution in [0.5, 0.6) is 0 Å². The Morgan fingerprint density at radius 1 is 0.731 bits per heavy atom. The first kappa shape index (κ1) is 35.2. The second-order valence-corrected chi connectivity index (χ2v) is 14.7. The Morgan fingerprint density at radius 2 is 1.29 bits per heavy atom. The van der Waals surface area contributed by atoms with Gasteiger partial charge in [-0.2, -0.15) is 5.10 Å². The summed E-state index contributed by atoms with van der Waals surface area (Å²) >= 11 is 8.40. The topological polar surface area (TPSA) is 188 Å². The molecule has 6 aromatic heterocycles. The van der Waals surface area contributed by atoms with E-state index in [2.05, 4.69) is 35.3 Å². The van der Waals surface area contributed by atoms with Crippen molar-refractivity contribution in [2.45, 2.75) is 24.0 Å². The fourth-order valence-corrected chi connectivity index (χ4v) is 7.84. The van der Waals surface area contributed by atoms with E-state index in [1.165, 1.54) is 32.5 Å². The predicted octanol–water partition coefficient (Wildman–Crippen LogP) is 4.10. The van der Waals surface area contributed by atoms with E-state index in [1.54, 1.807) is 55.6 Å². The molecule has 2 fully saturated rings. The molecule has 2 aliphatic rings. The van der Waals surface area contributed by atoms with Gasteiger partial charge >= 0.3 is 0 Å². The Labute approximate surface area is 310 Å². The number of rotatable bonds is 7. The van der Waals surface area contributed by atoms with Gasteiger partial charge in [-0.25, -0.2) is 29.9 Å². The summed E-state index contributed by atoms with van der Waals surface area (Å²) in [7, 11) is 5.19. The van der Waals surface area contributed by atoms with E-state index in [-0.39, 0.29) is 11.8 Å². The zero-order chi connectivity index (χ0) is 36.6. The molecule has 266 valence electrons. The highest BCUT2D eigenvalue weighted by molar-refractivity contribution is 7.15. The maximum absolute atomic E-state index is 12.4. The molecule has 2 aliphatic heterocycles. The minimum atomic E-state index is -1.56. The van der Waals surface area contributed by atoms with E-state index in [9.17, 15) is 19.8 Å². The Kier molecular flexibility index (Phi) is 9.53. The van der Waals surface area contributed by atoms with Gasteiger partial charge in [-0.15, -0.1) is 22.7 Å². The molecule has 6 aromatic rings. The van der Waals surface area contributed by atoms with Crippen LogP contribution in [0.2, 0.25) is 5.15 Å². The molecule has 0 aromatic carbocycles. The number of halogens is 1. The molecule has 0 spiro atoms. The lowest BCUT2D eigenvalue weighted by Gasteiger charge is -2.17. The van der Waals surface area contributed by atoms with E-state index in [0.717, 1.165) is 9.75 Å². The smallest absolute Gasteiger partial charge is 0.261 e. The zero-order valence-corrected chi connectivity index (χ0v) is 30.5. The Bertz CT molecular complexity index is 2280. The number of thiazole rings is 2. The van der Waals surface area contributed by atoms with Gasteiger partial charge < -0.3 is 25.3 Å². The summed E-state index contributed by atoms with van der Waals surface area (Å²) in [6.07, 6.45) is 7.43. The minimum Gasteiger partial charge on any atom is -0.373 e. The van der Waals surface area contributed by atoms with Crippen molar-refractivity contribution in [3.05, 3.63) is 88.5 Å². The van der Waals surface area contributed by atoms with Crippen LogP contribution in [-0.4, -0.2) is 98.7 Å². The molecular formula is C34H32ClN11O4S2. The summed E-state index contributed by atoms with van der Waals surface area (Å²) in [4.78, 5) is 55.2. The van der Waals surface area contributed by atoms with Crippen molar-refractivity contribution in [1.29, 1.82) is 0 Å². The molecule has 0 bridgehead atoms. The van der Waals surface area contributed by atoms with Crippen LogP contribution in [0.4, 0.5) is 11.8 Å². The van der Waals surface area contributed by atoms with Gasteiger partial charge in [0.15, 0.2) is 17.0 Å². The Hall–Kier alpha value is -5.20. The van der Waals surface area contributed by atoms with Gasteiger partial charge in [-0.3, -0.25) is 14.3 Å². The highest BCUT2D eigenvalue weighted by atomic mass is 35.5. The molecule has 8 heterocycles. The van der Waals surface area contributed by atoms with E-state index in [1.807, 2.05) is 43.6 Å². The van der Waals surface area contributed by atoms with E-state index in [0.29, 0.717) is 75.6 Å². The van der Waals surface area contributed by atoms with Gasteiger partial charge in [0.25, 0.3) is 11.8 Å². The van der Waals surface area contributed by atoms with Gasteiger partial charge in [-0.05, 0) is 30.3 Å².